The van der Waals surface area contributed by atoms with E-state index in [0.717, 1.165) is 12.8 Å². The van der Waals surface area contributed by atoms with Gasteiger partial charge in [-0.05, 0) is 12.8 Å². The van der Waals surface area contributed by atoms with Crippen molar-refractivity contribution < 1.29 is 13.2 Å². The number of rotatable bonds is 3. The van der Waals surface area contributed by atoms with Crippen LogP contribution in [-0.4, -0.2) is 60.9 Å². The average molecular weight is 279 g/mol. The molecule has 1 atom stereocenters. The minimum atomic E-state index is -3.36. The summed E-state index contributed by atoms with van der Waals surface area (Å²) in [5.74, 6) is 0. The second-order valence-electron chi connectivity index (χ2n) is 4.23. The van der Waals surface area contributed by atoms with Gasteiger partial charge in [-0.15, -0.1) is 0 Å². The lowest BCUT2D eigenvalue weighted by molar-refractivity contribution is 0.0366. The van der Waals surface area contributed by atoms with Gasteiger partial charge in [-0.3, -0.25) is 0 Å². The van der Waals surface area contributed by atoms with Crippen LogP contribution in [0.3, 0.4) is 0 Å². The lowest BCUT2D eigenvalue weighted by Gasteiger charge is -2.33. The third-order valence-corrected chi connectivity index (χ3v) is 5.33. The molecular weight excluding hydrogens is 262 g/mol. The summed E-state index contributed by atoms with van der Waals surface area (Å²) in [4.78, 5) is 0.214. The summed E-state index contributed by atoms with van der Waals surface area (Å²) >= 11 is 4.84. The number of morpholine rings is 1. The minimum Gasteiger partial charge on any atom is -0.391 e. The normalized spacial score (nSPS) is 28.4. The van der Waals surface area contributed by atoms with Gasteiger partial charge in [0.05, 0.1) is 6.61 Å². The van der Waals surface area contributed by atoms with Crippen molar-refractivity contribution >= 4 is 27.4 Å². The fourth-order valence-electron chi connectivity index (χ4n) is 2.09. The predicted octanol–water partition coefficient (Wildman–Crippen LogP) is -0.686. The Bertz CT molecular complexity index is 392. The molecule has 2 aliphatic heterocycles. The van der Waals surface area contributed by atoms with E-state index in [1.165, 1.54) is 8.61 Å². The maximum Gasteiger partial charge on any atom is 0.282 e. The van der Waals surface area contributed by atoms with Crippen molar-refractivity contribution in [2.45, 2.75) is 18.9 Å². The molecule has 0 bridgehead atoms. The zero-order valence-electron chi connectivity index (χ0n) is 9.54. The molecule has 0 radical (unpaired) electrons. The lowest BCUT2D eigenvalue weighted by Crippen LogP contribution is -2.53. The van der Waals surface area contributed by atoms with E-state index in [1.54, 1.807) is 0 Å². The first-order valence-electron chi connectivity index (χ1n) is 5.68. The number of nitrogens with two attached hydrogens (primary N) is 1. The fourth-order valence-corrected chi connectivity index (χ4v) is 3.91. The molecule has 0 saturated carbocycles. The van der Waals surface area contributed by atoms with Gasteiger partial charge >= 0.3 is 0 Å². The summed E-state index contributed by atoms with van der Waals surface area (Å²) < 4.78 is 32.8. The first-order chi connectivity index (χ1) is 8.01. The van der Waals surface area contributed by atoms with E-state index in [9.17, 15) is 8.42 Å². The summed E-state index contributed by atoms with van der Waals surface area (Å²) in [5, 5.41) is 0. The van der Waals surface area contributed by atoms with Gasteiger partial charge < -0.3 is 10.5 Å². The van der Waals surface area contributed by atoms with Crippen LogP contribution in [0.4, 0.5) is 0 Å². The van der Waals surface area contributed by atoms with Gasteiger partial charge in [-0.2, -0.15) is 17.0 Å². The molecule has 0 aliphatic carbocycles. The molecule has 0 aromatic heterocycles. The average Bonchev–Trinajstić information content (AvgIpc) is 2.83. The highest BCUT2D eigenvalue weighted by molar-refractivity contribution is 7.86. The van der Waals surface area contributed by atoms with Crippen LogP contribution in [0.25, 0.3) is 0 Å². The van der Waals surface area contributed by atoms with Gasteiger partial charge in [0, 0.05) is 26.2 Å². The summed E-state index contributed by atoms with van der Waals surface area (Å²) in [6, 6.07) is 0. The molecule has 0 aromatic carbocycles. The Morgan fingerprint density at radius 3 is 2.47 bits per heavy atom. The SMILES string of the molecule is NC(=S)C1CN(S(=O)(=O)N2CCCC2)CCO1. The quantitative estimate of drug-likeness (QED) is 0.692. The lowest BCUT2D eigenvalue weighted by atomic mass is 10.3. The summed E-state index contributed by atoms with van der Waals surface area (Å²) in [6.45, 7) is 2.16. The summed E-state index contributed by atoms with van der Waals surface area (Å²) in [7, 11) is -3.36. The molecule has 2 aliphatic rings. The Balaban J connectivity index is 2.08. The van der Waals surface area contributed by atoms with Crippen LogP contribution in [0.1, 0.15) is 12.8 Å². The van der Waals surface area contributed by atoms with Gasteiger partial charge in [0.1, 0.15) is 11.1 Å². The molecule has 0 spiro atoms. The molecule has 17 heavy (non-hydrogen) atoms. The molecule has 2 saturated heterocycles. The smallest absolute Gasteiger partial charge is 0.282 e. The second-order valence-corrected chi connectivity index (χ2v) is 6.63. The molecule has 1 unspecified atom stereocenters. The van der Waals surface area contributed by atoms with Gasteiger partial charge in [-0.25, -0.2) is 0 Å². The van der Waals surface area contributed by atoms with Crippen LogP contribution in [-0.2, 0) is 14.9 Å². The van der Waals surface area contributed by atoms with Gasteiger partial charge in [-0.1, -0.05) is 12.2 Å². The Kier molecular flexibility index (Phi) is 3.99. The first-order valence-corrected chi connectivity index (χ1v) is 7.48. The number of nitrogens with zero attached hydrogens (tertiary/aromatic N) is 2. The largest absolute Gasteiger partial charge is 0.391 e. The van der Waals surface area contributed by atoms with Crippen molar-refractivity contribution in [2.24, 2.45) is 5.73 Å². The number of ether oxygens (including phenoxy) is 1. The third-order valence-electron chi connectivity index (χ3n) is 3.06. The molecule has 2 rings (SSSR count). The van der Waals surface area contributed by atoms with Crippen LogP contribution >= 0.6 is 12.2 Å². The van der Waals surface area contributed by atoms with E-state index in [0.29, 0.717) is 26.2 Å². The van der Waals surface area contributed by atoms with Crippen molar-refractivity contribution in [2.75, 3.05) is 32.8 Å². The highest BCUT2D eigenvalue weighted by atomic mass is 32.2. The summed E-state index contributed by atoms with van der Waals surface area (Å²) in [5.41, 5.74) is 5.50. The second kappa shape index (κ2) is 5.15. The molecule has 2 N–H and O–H groups in total. The van der Waals surface area contributed by atoms with Gasteiger partial charge in [0.25, 0.3) is 10.2 Å². The van der Waals surface area contributed by atoms with Crippen molar-refractivity contribution in [1.29, 1.82) is 0 Å². The highest BCUT2D eigenvalue weighted by Gasteiger charge is 2.35. The van der Waals surface area contributed by atoms with E-state index < -0.39 is 16.3 Å². The first kappa shape index (κ1) is 13.2. The van der Waals surface area contributed by atoms with E-state index in [4.69, 9.17) is 22.7 Å². The molecular formula is C9H17N3O3S2. The Morgan fingerprint density at radius 2 is 1.88 bits per heavy atom. The predicted molar refractivity (Wildman–Crippen MR) is 67.8 cm³/mol. The zero-order chi connectivity index (χ0) is 12.5. The topological polar surface area (TPSA) is 75.9 Å². The van der Waals surface area contributed by atoms with Crippen LogP contribution in [0, 0.1) is 0 Å². The van der Waals surface area contributed by atoms with Crippen molar-refractivity contribution in [3.05, 3.63) is 0 Å². The van der Waals surface area contributed by atoms with Crippen LogP contribution < -0.4 is 5.73 Å². The summed E-state index contributed by atoms with van der Waals surface area (Å²) in [6.07, 6.45) is 1.40. The molecule has 8 heteroatoms. The van der Waals surface area contributed by atoms with Crippen LogP contribution in [0.5, 0.6) is 0 Å². The Morgan fingerprint density at radius 1 is 1.24 bits per heavy atom. The zero-order valence-corrected chi connectivity index (χ0v) is 11.2. The molecule has 0 aromatic rings. The molecule has 2 fully saturated rings. The van der Waals surface area contributed by atoms with E-state index in [2.05, 4.69) is 0 Å². The Labute approximate surface area is 107 Å². The van der Waals surface area contributed by atoms with E-state index in [-0.39, 0.29) is 11.5 Å². The number of thiocarbonyl (C=S) groups is 1. The van der Waals surface area contributed by atoms with E-state index in [1.807, 2.05) is 0 Å². The maximum absolute atomic E-state index is 12.3. The molecule has 98 valence electrons. The van der Waals surface area contributed by atoms with Gasteiger partial charge in [0.2, 0.25) is 0 Å². The standard InChI is InChI=1S/C9H17N3O3S2/c10-9(16)8-7-12(5-6-15-8)17(13,14)11-3-1-2-4-11/h8H,1-7H2,(H2,10,16). The maximum atomic E-state index is 12.3. The van der Waals surface area contributed by atoms with Crippen molar-refractivity contribution in [3.8, 4) is 0 Å². The molecule has 6 nitrogen and oxygen atoms in total. The minimum absolute atomic E-state index is 0.214. The number of hydrogen-bond acceptors (Lipinski definition) is 4. The van der Waals surface area contributed by atoms with Crippen molar-refractivity contribution in [1.82, 2.24) is 8.61 Å². The van der Waals surface area contributed by atoms with Crippen molar-refractivity contribution in [3.63, 3.8) is 0 Å². The fraction of sp³-hybridized carbons (Fsp3) is 0.889. The highest BCUT2D eigenvalue weighted by Crippen LogP contribution is 2.19. The third kappa shape index (κ3) is 2.76. The Hall–Kier alpha value is -0.280. The monoisotopic (exact) mass is 279 g/mol. The molecule has 0 amide bonds. The van der Waals surface area contributed by atoms with Crippen LogP contribution in [0.15, 0.2) is 0 Å². The number of hydrogen-bond donors (Lipinski definition) is 1. The van der Waals surface area contributed by atoms with Gasteiger partial charge in [0.15, 0.2) is 0 Å². The van der Waals surface area contributed by atoms with E-state index >= 15 is 0 Å². The molecule has 2 heterocycles. The van der Waals surface area contributed by atoms with Crippen LogP contribution in [0.2, 0.25) is 0 Å².